The van der Waals surface area contributed by atoms with Gasteiger partial charge in [0.05, 0.1) is 5.70 Å². The van der Waals surface area contributed by atoms with Crippen LogP contribution in [0.25, 0.3) is 5.70 Å². The molecular formula is C26H21ClN4O. The maximum Gasteiger partial charge on any atom is 0.226 e. The summed E-state index contributed by atoms with van der Waals surface area (Å²) in [6.07, 6.45) is 1.30. The van der Waals surface area contributed by atoms with Crippen LogP contribution < -0.4 is 10.1 Å². The van der Waals surface area contributed by atoms with Crippen molar-refractivity contribution in [2.24, 2.45) is 0 Å². The van der Waals surface area contributed by atoms with Gasteiger partial charge < -0.3 is 10.1 Å². The molecule has 0 bridgehead atoms. The Morgan fingerprint density at radius 3 is 2.31 bits per heavy atom. The van der Waals surface area contributed by atoms with Gasteiger partial charge in [-0.2, -0.15) is 10.1 Å². The van der Waals surface area contributed by atoms with E-state index in [1.807, 2.05) is 22.9 Å². The maximum atomic E-state index is 6.63. The number of nitrogens with zero attached hydrogens (tertiary/aromatic N) is 3. The summed E-state index contributed by atoms with van der Waals surface area (Å²) in [5.74, 6) is 1.49. The number of ether oxygens (including phenoxy) is 1. The number of benzene rings is 3. The summed E-state index contributed by atoms with van der Waals surface area (Å²) < 4.78 is 8.57. The molecule has 2 aliphatic rings. The lowest BCUT2D eigenvalue weighted by Gasteiger charge is -2.39. The second-order valence-corrected chi connectivity index (χ2v) is 8.78. The van der Waals surface area contributed by atoms with Gasteiger partial charge in [0, 0.05) is 16.2 Å². The highest BCUT2D eigenvalue weighted by molar-refractivity contribution is 6.30. The molecule has 1 aromatic heterocycles. The molecule has 5 nitrogen and oxygen atoms in total. The first-order valence-corrected chi connectivity index (χ1v) is 11.0. The smallest absolute Gasteiger partial charge is 0.226 e. The number of hydrogen-bond donors (Lipinski definition) is 1. The second kappa shape index (κ2) is 7.24. The zero-order valence-corrected chi connectivity index (χ0v) is 18.5. The van der Waals surface area contributed by atoms with E-state index in [2.05, 4.69) is 77.8 Å². The van der Waals surface area contributed by atoms with Crippen LogP contribution in [0.2, 0.25) is 5.02 Å². The van der Waals surface area contributed by atoms with Gasteiger partial charge in [0.2, 0.25) is 5.95 Å². The fraction of sp³-hybridized carbons (Fsp3) is 0.154. The van der Waals surface area contributed by atoms with Crippen molar-refractivity contribution in [1.29, 1.82) is 0 Å². The van der Waals surface area contributed by atoms with Crippen molar-refractivity contribution < 1.29 is 4.74 Å². The first-order chi connectivity index (χ1) is 15.6. The molecule has 0 radical (unpaired) electrons. The summed E-state index contributed by atoms with van der Waals surface area (Å²) in [4.78, 5) is 4.48. The molecule has 0 saturated carbocycles. The van der Waals surface area contributed by atoms with Crippen LogP contribution >= 0.6 is 11.6 Å². The molecule has 6 heteroatoms. The number of rotatable bonds is 2. The average Bonchev–Trinajstić information content (AvgIpc) is 3.27. The Morgan fingerprint density at radius 1 is 0.906 bits per heavy atom. The molecule has 1 N–H and O–H groups in total. The normalized spacial score (nSPS) is 18.8. The standard InChI is InChI=1S/C26H21ClN4O/c1-15-3-7-17(8-4-15)24-22-23(30-26-28-14-29-31(24)26)20-13-19(27)11-12-21(20)32-25(22)18-9-5-16(2)6-10-18/h3-14,24-25H,1-2H3,(H,28,29,30)/t24-,25-/m0/s1. The largest absolute Gasteiger partial charge is 0.480 e. The van der Waals surface area contributed by atoms with Gasteiger partial charge in [-0.15, -0.1) is 0 Å². The van der Waals surface area contributed by atoms with Crippen molar-refractivity contribution >= 4 is 23.2 Å². The number of fused-ring (bicyclic) bond motifs is 3. The number of anilines is 1. The fourth-order valence-corrected chi connectivity index (χ4v) is 4.70. The van der Waals surface area contributed by atoms with Gasteiger partial charge in [0.25, 0.3) is 0 Å². The van der Waals surface area contributed by atoms with Gasteiger partial charge in [-0.1, -0.05) is 71.3 Å². The van der Waals surface area contributed by atoms with Crippen LogP contribution in [0.3, 0.4) is 0 Å². The minimum atomic E-state index is -0.282. The van der Waals surface area contributed by atoms with Gasteiger partial charge in [-0.3, -0.25) is 0 Å². The van der Waals surface area contributed by atoms with E-state index < -0.39 is 0 Å². The van der Waals surface area contributed by atoms with Gasteiger partial charge in [0.15, 0.2) is 0 Å². The van der Waals surface area contributed by atoms with Crippen LogP contribution in [-0.4, -0.2) is 14.8 Å². The molecule has 0 spiro atoms. The Morgan fingerprint density at radius 2 is 1.59 bits per heavy atom. The molecule has 158 valence electrons. The third kappa shape index (κ3) is 3.00. The van der Waals surface area contributed by atoms with E-state index in [0.717, 1.165) is 33.7 Å². The first kappa shape index (κ1) is 19.1. The Hall–Kier alpha value is -3.57. The molecule has 0 aliphatic carbocycles. The highest BCUT2D eigenvalue weighted by Gasteiger charge is 2.40. The molecule has 2 atom stereocenters. The maximum absolute atomic E-state index is 6.63. The van der Waals surface area contributed by atoms with Crippen molar-refractivity contribution in [2.45, 2.75) is 26.0 Å². The molecular weight excluding hydrogens is 420 g/mol. The van der Waals surface area contributed by atoms with Gasteiger partial charge in [-0.25, -0.2) is 4.68 Å². The Labute approximate surface area is 191 Å². The summed E-state index contributed by atoms with van der Waals surface area (Å²) in [6, 6.07) is 22.7. The number of nitrogens with one attached hydrogen (secondary N) is 1. The topological polar surface area (TPSA) is 52.0 Å². The minimum absolute atomic E-state index is 0.164. The second-order valence-electron chi connectivity index (χ2n) is 8.35. The third-order valence-electron chi connectivity index (χ3n) is 6.15. The quantitative estimate of drug-likeness (QED) is 0.408. The number of hydrogen-bond acceptors (Lipinski definition) is 4. The lowest BCUT2D eigenvalue weighted by molar-refractivity contribution is 0.223. The summed E-state index contributed by atoms with van der Waals surface area (Å²) >= 11 is 6.39. The van der Waals surface area contributed by atoms with Gasteiger partial charge in [0.1, 0.15) is 24.2 Å². The van der Waals surface area contributed by atoms with Crippen molar-refractivity contribution in [2.75, 3.05) is 5.32 Å². The van der Waals surface area contributed by atoms with E-state index in [4.69, 9.17) is 16.3 Å². The van der Waals surface area contributed by atoms with Crippen molar-refractivity contribution in [3.8, 4) is 5.75 Å². The first-order valence-electron chi connectivity index (χ1n) is 10.6. The molecule has 0 fully saturated rings. The Balaban J connectivity index is 1.63. The molecule has 0 unspecified atom stereocenters. The molecule has 6 rings (SSSR count). The molecule has 4 aromatic rings. The van der Waals surface area contributed by atoms with E-state index >= 15 is 0 Å². The van der Waals surface area contributed by atoms with Crippen molar-refractivity contribution in [1.82, 2.24) is 14.8 Å². The van der Waals surface area contributed by atoms with E-state index in [1.54, 1.807) is 6.33 Å². The predicted octanol–water partition coefficient (Wildman–Crippen LogP) is 6.11. The molecule has 3 aromatic carbocycles. The zero-order chi connectivity index (χ0) is 21.8. The molecule has 0 amide bonds. The monoisotopic (exact) mass is 440 g/mol. The van der Waals surface area contributed by atoms with Gasteiger partial charge >= 0.3 is 0 Å². The molecule has 0 saturated heterocycles. The fourth-order valence-electron chi connectivity index (χ4n) is 4.53. The van der Waals surface area contributed by atoms with Crippen LogP contribution in [0.1, 0.15) is 40.0 Å². The Kier molecular flexibility index (Phi) is 4.33. The summed E-state index contributed by atoms with van der Waals surface area (Å²) in [7, 11) is 0. The van der Waals surface area contributed by atoms with E-state index in [0.29, 0.717) is 11.0 Å². The number of halogens is 1. The number of aryl methyl sites for hydroxylation is 2. The molecule has 3 heterocycles. The van der Waals surface area contributed by atoms with E-state index in [9.17, 15) is 0 Å². The third-order valence-corrected chi connectivity index (χ3v) is 6.38. The molecule has 32 heavy (non-hydrogen) atoms. The SMILES string of the molecule is Cc1ccc([C@@H]2Oc3ccc(Cl)cc3C3=C2[C@H](c2ccc(C)cc2)n2ncnc2N3)cc1. The van der Waals surface area contributed by atoms with Crippen LogP contribution in [0, 0.1) is 13.8 Å². The van der Waals surface area contributed by atoms with Crippen molar-refractivity contribution in [3.63, 3.8) is 0 Å². The Bertz CT molecular complexity index is 1360. The predicted molar refractivity (Wildman–Crippen MR) is 126 cm³/mol. The highest BCUT2D eigenvalue weighted by atomic mass is 35.5. The molecule has 2 aliphatic heterocycles. The van der Waals surface area contributed by atoms with E-state index in [1.165, 1.54) is 11.1 Å². The van der Waals surface area contributed by atoms with Crippen LogP contribution in [0.15, 0.2) is 78.6 Å². The minimum Gasteiger partial charge on any atom is -0.480 e. The van der Waals surface area contributed by atoms with Crippen molar-refractivity contribution in [3.05, 3.63) is 111 Å². The number of aromatic nitrogens is 3. The lowest BCUT2D eigenvalue weighted by Crippen LogP contribution is -2.32. The van der Waals surface area contributed by atoms with Crippen LogP contribution in [0.4, 0.5) is 5.95 Å². The summed E-state index contributed by atoms with van der Waals surface area (Å²) in [6.45, 7) is 4.18. The van der Waals surface area contributed by atoms with Gasteiger partial charge in [-0.05, 0) is 43.2 Å². The van der Waals surface area contributed by atoms with E-state index in [-0.39, 0.29) is 12.1 Å². The highest BCUT2D eigenvalue weighted by Crippen LogP contribution is 2.51. The zero-order valence-electron chi connectivity index (χ0n) is 17.7. The van der Waals surface area contributed by atoms with Crippen LogP contribution in [0.5, 0.6) is 5.75 Å². The lowest BCUT2D eigenvalue weighted by atomic mass is 9.84. The summed E-state index contributed by atoms with van der Waals surface area (Å²) in [5.41, 5.74) is 7.64. The van der Waals surface area contributed by atoms with Crippen LogP contribution in [-0.2, 0) is 0 Å². The summed E-state index contributed by atoms with van der Waals surface area (Å²) in [5, 5.41) is 8.75. The average molecular weight is 441 g/mol.